The topological polar surface area (TPSA) is 56.5 Å². The summed E-state index contributed by atoms with van der Waals surface area (Å²) in [7, 11) is 0. The minimum atomic E-state index is 0.911. The standard InChI is InChI=1S/C58H45N5/c1-2-10-46(11-3-1)47-27-29-48(30-28-47)53-39-51(56-14-6-9-35-62-56)31-32-57(53)63-41-59-40-58(63)52-37-44(17-15-42-19-23-49(24-20-42)54-12-4-7-33-60-54)36-45(38-52)18-16-43-21-25-50(26-22-43)55-13-5-8-34-61-55/h1-14,19-41H,15-18H2. The van der Waals surface area contributed by atoms with Crippen molar-refractivity contribution in [3.8, 4) is 73.0 Å². The first kappa shape index (κ1) is 39.1. The Bertz CT molecular complexity index is 2950. The summed E-state index contributed by atoms with van der Waals surface area (Å²) < 4.78 is 2.25. The average Bonchev–Trinajstić information content (AvgIpc) is 3.87. The Balaban J connectivity index is 0.995. The third-order valence-corrected chi connectivity index (χ3v) is 11.7. The number of hydrogen-bond donors (Lipinski definition) is 0. The van der Waals surface area contributed by atoms with Gasteiger partial charge in [0.15, 0.2) is 0 Å². The SMILES string of the molecule is c1ccc(-c2ccc(-c3cc(-c4ccccn4)ccc3-n3cncc3-c3cc(CCc4ccc(-c5ccccn5)cc4)cc(CCc4ccc(-c5ccccn5)cc4)c3)cc2)cc1. The number of rotatable bonds is 13. The molecule has 0 saturated heterocycles. The van der Waals surface area contributed by atoms with Crippen molar-refractivity contribution in [3.05, 3.63) is 247 Å². The highest BCUT2D eigenvalue weighted by atomic mass is 15.1. The maximum Gasteiger partial charge on any atom is 0.0997 e. The second kappa shape index (κ2) is 18.3. The van der Waals surface area contributed by atoms with Crippen LogP contribution in [0.2, 0.25) is 0 Å². The van der Waals surface area contributed by atoms with E-state index in [1.807, 2.05) is 67.5 Å². The summed E-state index contributed by atoms with van der Waals surface area (Å²) in [6.07, 6.45) is 13.2. The highest BCUT2D eigenvalue weighted by Gasteiger charge is 2.16. The van der Waals surface area contributed by atoms with Crippen molar-refractivity contribution in [2.24, 2.45) is 0 Å². The van der Waals surface area contributed by atoms with Crippen molar-refractivity contribution in [3.63, 3.8) is 0 Å². The van der Waals surface area contributed by atoms with Crippen LogP contribution in [-0.2, 0) is 25.7 Å². The molecule has 5 nitrogen and oxygen atoms in total. The van der Waals surface area contributed by atoms with Gasteiger partial charge in [-0.25, -0.2) is 4.98 Å². The monoisotopic (exact) mass is 811 g/mol. The van der Waals surface area contributed by atoms with Gasteiger partial charge in [-0.15, -0.1) is 0 Å². The molecule has 0 fully saturated rings. The highest BCUT2D eigenvalue weighted by Crippen LogP contribution is 2.36. The molecule has 302 valence electrons. The van der Waals surface area contributed by atoms with Crippen LogP contribution in [0.3, 0.4) is 0 Å². The van der Waals surface area contributed by atoms with Crippen LogP contribution in [0.5, 0.6) is 0 Å². The number of nitrogens with zero attached hydrogens (tertiary/aromatic N) is 5. The average molecular weight is 812 g/mol. The Morgan fingerprint density at radius 1 is 0.333 bits per heavy atom. The zero-order valence-electron chi connectivity index (χ0n) is 34.9. The zero-order chi connectivity index (χ0) is 42.2. The summed E-state index contributed by atoms with van der Waals surface area (Å²) in [6, 6.07) is 69.0. The molecule has 0 saturated carbocycles. The van der Waals surface area contributed by atoms with Crippen LogP contribution in [0.15, 0.2) is 225 Å². The quantitative estimate of drug-likeness (QED) is 0.116. The first-order valence-electron chi connectivity index (χ1n) is 21.6. The fraction of sp³-hybridized carbons (Fsp3) is 0.0690. The van der Waals surface area contributed by atoms with Crippen LogP contribution in [0.1, 0.15) is 22.3 Å². The van der Waals surface area contributed by atoms with E-state index in [1.165, 1.54) is 33.4 Å². The number of aryl methyl sites for hydroxylation is 4. The van der Waals surface area contributed by atoms with Crippen LogP contribution in [0.25, 0.3) is 73.0 Å². The summed E-state index contributed by atoms with van der Waals surface area (Å²) >= 11 is 0. The molecule has 0 aliphatic carbocycles. The summed E-state index contributed by atoms with van der Waals surface area (Å²) in [5.74, 6) is 0. The number of hydrogen-bond acceptors (Lipinski definition) is 4. The smallest absolute Gasteiger partial charge is 0.0997 e. The summed E-state index contributed by atoms with van der Waals surface area (Å²) in [5, 5.41) is 0. The van der Waals surface area contributed by atoms with Gasteiger partial charge in [0, 0.05) is 46.4 Å². The second-order valence-corrected chi connectivity index (χ2v) is 15.9. The van der Waals surface area contributed by atoms with Crippen LogP contribution < -0.4 is 0 Å². The lowest BCUT2D eigenvalue weighted by Crippen LogP contribution is -2.01. The molecule has 0 unspecified atom stereocenters. The molecule has 6 aromatic carbocycles. The van der Waals surface area contributed by atoms with Gasteiger partial charge in [-0.05, 0) is 125 Å². The first-order chi connectivity index (χ1) is 31.2. The molecule has 4 heterocycles. The summed E-state index contributed by atoms with van der Waals surface area (Å²) in [5.41, 5.74) is 19.3. The molecule has 63 heavy (non-hydrogen) atoms. The Kier molecular flexibility index (Phi) is 11.4. The Morgan fingerprint density at radius 2 is 0.794 bits per heavy atom. The van der Waals surface area contributed by atoms with Crippen LogP contribution in [0, 0.1) is 0 Å². The van der Waals surface area contributed by atoms with E-state index in [4.69, 9.17) is 9.97 Å². The molecule has 0 amide bonds. The van der Waals surface area contributed by atoms with E-state index < -0.39 is 0 Å². The van der Waals surface area contributed by atoms with E-state index in [0.717, 1.165) is 87.5 Å². The summed E-state index contributed by atoms with van der Waals surface area (Å²) in [4.78, 5) is 18.6. The van der Waals surface area contributed by atoms with E-state index >= 15 is 0 Å². The molecule has 0 N–H and O–H groups in total. The Hall–Kier alpha value is -8.02. The molecule has 4 aromatic heterocycles. The number of imidazole rings is 1. The highest BCUT2D eigenvalue weighted by molar-refractivity contribution is 5.81. The van der Waals surface area contributed by atoms with Crippen molar-refractivity contribution >= 4 is 0 Å². The minimum Gasteiger partial charge on any atom is -0.298 e. The molecule has 0 aliphatic heterocycles. The van der Waals surface area contributed by atoms with Crippen LogP contribution >= 0.6 is 0 Å². The van der Waals surface area contributed by atoms with Gasteiger partial charge in [-0.1, -0.05) is 133 Å². The molecule has 0 spiro atoms. The molecule has 10 rings (SSSR count). The molecule has 0 aliphatic rings. The van der Waals surface area contributed by atoms with Crippen molar-refractivity contribution in [2.45, 2.75) is 25.7 Å². The zero-order valence-corrected chi connectivity index (χ0v) is 34.9. The Labute approximate surface area is 369 Å². The molecule has 5 heteroatoms. The number of aromatic nitrogens is 5. The minimum absolute atomic E-state index is 0.911. The molecule has 10 aromatic rings. The molecule has 0 bridgehead atoms. The maximum absolute atomic E-state index is 4.80. The molecular formula is C58H45N5. The van der Waals surface area contributed by atoms with Gasteiger partial charge in [-0.3, -0.25) is 19.5 Å². The van der Waals surface area contributed by atoms with E-state index in [2.05, 4.69) is 172 Å². The van der Waals surface area contributed by atoms with Crippen molar-refractivity contribution in [2.75, 3.05) is 0 Å². The van der Waals surface area contributed by atoms with Gasteiger partial charge in [-0.2, -0.15) is 0 Å². The number of pyridine rings is 3. The normalized spacial score (nSPS) is 11.1. The number of benzene rings is 6. The predicted molar refractivity (Wildman–Crippen MR) is 257 cm³/mol. The van der Waals surface area contributed by atoms with Crippen LogP contribution in [-0.4, -0.2) is 24.5 Å². The predicted octanol–water partition coefficient (Wildman–Crippen LogP) is 13.6. The summed E-state index contributed by atoms with van der Waals surface area (Å²) in [6.45, 7) is 0. The molecule has 0 radical (unpaired) electrons. The van der Waals surface area contributed by atoms with E-state index in [1.54, 1.807) is 0 Å². The van der Waals surface area contributed by atoms with Gasteiger partial charge in [0.2, 0.25) is 0 Å². The fourth-order valence-electron chi connectivity index (χ4n) is 8.37. The van der Waals surface area contributed by atoms with E-state index in [0.29, 0.717) is 0 Å². The van der Waals surface area contributed by atoms with Crippen molar-refractivity contribution in [1.29, 1.82) is 0 Å². The van der Waals surface area contributed by atoms with E-state index in [9.17, 15) is 0 Å². The van der Waals surface area contributed by atoms with Crippen LogP contribution in [0.4, 0.5) is 0 Å². The van der Waals surface area contributed by atoms with Crippen molar-refractivity contribution in [1.82, 2.24) is 24.5 Å². The third-order valence-electron chi connectivity index (χ3n) is 11.7. The lowest BCUT2D eigenvalue weighted by Gasteiger charge is -2.17. The second-order valence-electron chi connectivity index (χ2n) is 15.9. The van der Waals surface area contributed by atoms with E-state index in [-0.39, 0.29) is 0 Å². The van der Waals surface area contributed by atoms with Gasteiger partial charge in [0.25, 0.3) is 0 Å². The van der Waals surface area contributed by atoms with Gasteiger partial charge < -0.3 is 0 Å². The van der Waals surface area contributed by atoms with Gasteiger partial charge in [0.1, 0.15) is 0 Å². The maximum atomic E-state index is 4.80. The van der Waals surface area contributed by atoms with Gasteiger partial charge in [0.05, 0.1) is 41.0 Å². The molecule has 0 atom stereocenters. The Morgan fingerprint density at radius 3 is 1.33 bits per heavy atom. The third kappa shape index (κ3) is 9.05. The lowest BCUT2D eigenvalue weighted by molar-refractivity contribution is 0.930. The first-order valence-corrected chi connectivity index (χ1v) is 21.6. The van der Waals surface area contributed by atoms with Gasteiger partial charge >= 0.3 is 0 Å². The fourth-order valence-corrected chi connectivity index (χ4v) is 8.37. The lowest BCUT2D eigenvalue weighted by atomic mass is 9.94. The largest absolute Gasteiger partial charge is 0.298 e. The van der Waals surface area contributed by atoms with Crippen molar-refractivity contribution < 1.29 is 0 Å². The molecular weight excluding hydrogens is 767 g/mol.